The standard InChI is InChI=1S/C15H11ClF2O/c1-8-3-5-10(16)7-11(8)15(19)13-12(17)6-4-9(2)14(13)18/h3-7H,1-2H3. The molecule has 0 aliphatic heterocycles. The molecule has 0 amide bonds. The van der Waals surface area contributed by atoms with Gasteiger partial charge >= 0.3 is 0 Å². The number of benzene rings is 2. The molecule has 2 aromatic rings. The van der Waals surface area contributed by atoms with E-state index in [4.69, 9.17) is 11.6 Å². The highest BCUT2D eigenvalue weighted by atomic mass is 35.5. The predicted molar refractivity (Wildman–Crippen MR) is 70.7 cm³/mol. The maximum Gasteiger partial charge on any atom is 0.199 e. The van der Waals surface area contributed by atoms with Crippen LogP contribution in [0, 0.1) is 25.5 Å². The van der Waals surface area contributed by atoms with E-state index in [2.05, 4.69) is 0 Å². The third kappa shape index (κ3) is 2.51. The molecule has 0 aromatic heterocycles. The Balaban J connectivity index is 2.63. The van der Waals surface area contributed by atoms with Gasteiger partial charge in [0.2, 0.25) is 0 Å². The summed E-state index contributed by atoms with van der Waals surface area (Å²) in [4.78, 5) is 12.3. The van der Waals surface area contributed by atoms with E-state index in [1.807, 2.05) is 0 Å². The fraction of sp³-hybridized carbons (Fsp3) is 0.133. The Hall–Kier alpha value is -1.74. The number of carbonyl (C=O) groups is 1. The fourth-order valence-corrected chi connectivity index (χ4v) is 2.01. The van der Waals surface area contributed by atoms with E-state index in [1.54, 1.807) is 19.1 Å². The maximum absolute atomic E-state index is 13.9. The zero-order chi connectivity index (χ0) is 14.2. The Morgan fingerprint density at radius 3 is 2.37 bits per heavy atom. The largest absolute Gasteiger partial charge is 0.288 e. The first-order chi connectivity index (χ1) is 8.91. The van der Waals surface area contributed by atoms with E-state index in [0.29, 0.717) is 10.6 Å². The minimum absolute atomic E-state index is 0.205. The number of ketones is 1. The summed E-state index contributed by atoms with van der Waals surface area (Å²) in [6.45, 7) is 3.17. The SMILES string of the molecule is Cc1ccc(Cl)cc1C(=O)c1c(F)ccc(C)c1F. The van der Waals surface area contributed by atoms with Crippen LogP contribution in [0.15, 0.2) is 30.3 Å². The summed E-state index contributed by atoms with van der Waals surface area (Å²) in [6.07, 6.45) is 0. The van der Waals surface area contributed by atoms with Crippen molar-refractivity contribution < 1.29 is 13.6 Å². The molecular formula is C15H11ClF2O. The van der Waals surface area contributed by atoms with Gasteiger partial charge in [0, 0.05) is 10.6 Å². The monoisotopic (exact) mass is 280 g/mol. The summed E-state index contributed by atoms with van der Waals surface area (Å²) in [5.41, 5.74) is 0.514. The average Bonchev–Trinajstić information content (AvgIpc) is 2.37. The molecule has 0 atom stereocenters. The van der Waals surface area contributed by atoms with Crippen LogP contribution in [0.2, 0.25) is 5.02 Å². The van der Waals surface area contributed by atoms with Crippen molar-refractivity contribution in [3.8, 4) is 0 Å². The van der Waals surface area contributed by atoms with E-state index < -0.39 is 23.0 Å². The molecule has 2 aromatic carbocycles. The lowest BCUT2D eigenvalue weighted by Crippen LogP contribution is -2.10. The lowest BCUT2D eigenvalue weighted by molar-refractivity contribution is 0.103. The van der Waals surface area contributed by atoms with Gasteiger partial charge in [-0.2, -0.15) is 0 Å². The Kier molecular flexibility index (Phi) is 3.67. The average molecular weight is 281 g/mol. The third-order valence-electron chi connectivity index (χ3n) is 2.96. The first-order valence-corrected chi connectivity index (χ1v) is 6.05. The zero-order valence-corrected chi connectivity index (χ0v) is 11.2. The van der Waals surface area contributed by atoms with Crippen LogP contribution < -0.4 is 0 Å². The minimum Gasteiger partial charge on any atom is -0.288 e. The van der Waals surface area contributed by atoms with Gasteiger partial charge in [0.15, 0.2) is 5.78 Å². The van der Waals surface area contributed by atoms with E-state index in [1.165, 1.54) is 19.1 Å². The summed E-state index contributed by atoms with van der Waals surface area (Å²) >= 11 is 5.82. The Morgan fingerprint density at radius 2 is 1.68 bits per heavy atom. The van der Waals surface area contributed by atoms with Gasteiger partial charge in [-0.3, -0.25) is 4.79 Å². The molecule has 19 heavy (non-hydrogen) atoms. The summed E-state index contributed by atoms with van der Waals surface area (Å²) in [5, 5.41) is 0.349. The molecule has 0 fully saturated rings. The highest BCUT2D eigenvalue weighted by Gasteiger charge is 2.21. The van der Waals surface area contributed by atoms with Gasteiger partial charge in [-0.1, -0.05) is 23.7 Å². The molecule has 0 unspecified atom stereocenters. The van der Waals surface area contributed by atoms with Crippen LogP contribution in [0.3, 0.4) is 0 Å². The van der Waals surface area contributed by atoms with Crippen LogP contribution in [0.5, 0.6) is 0 Å². The van der Waals surface area contributed by atoms with Gasteiger partial charge in [0.05, 0.1) is 5.56 Å². The molecule has 4 heteroatoms. The molecule has 0 saturated heterocycles. The second-order valence-electron chi connectivity index (χ2n) is 4.34. The summed E-state index contributed by atoms with van der Waals surface area (Å²) in [7, 11) is 0. The molecule has 0 N–H and O–H groups in total. The van der Waals surface area contributed by atoms with E-state index in [9.17, 15) is 13.6 Å². The number of hydrogen-bond donors (Lipinski definition) is 0. The third-order valence-corrected chi connectivity index (χ3v) is 3.19. The molecule has 0 heterocycles. The van der Waals surface area contributed by atoms with Gasteiger partial charge in [-0.05, 0) is 43.2 Å². The van der Waals surface area contributed by atoms with Crippen LogP contribution in [-0.4, -0.2) is 5.78 Å². The highest BCUT2D eigenvalue weighted by Crippen LogP contribution is 2.23. The van der Waals surface area contributed by atoms with Crippen molar-refractivity contribution in [1.29, 1.82) is 0 Å². The smallest absolute Gasteiger partial charge is 0.199 e. The molecule has 2 rings (SSSR count). The van der Waals surface area contributed by atoms with Crippen molar-refractivity contribution in [2.24, 2.45) is 0 Å². The summed E-state index contributed by atoms with van der Waals surface area (Å²) < 4.78 is 27.6. The molecular weight excluding hydrogens is 270 g/mol. The Labute approximate surface area is 114 Å². The van der Waals surface area contributed by atoms with Crippen molar-refractivity contribution in [3.63, 3.8) is 0 Å². The first kappa shape index (κ1) is 13.7. The fourth-order valence-electron chi connectivity index (χ4n) is 1.84. The van der Waals surface area contributed by atoms with Crippen LogP contribution in [0.1, 0.15) is 27.0 Å². The van der Waals surface area contributed by atoms with Crippen LogP contribution >= 0.6 is 11.6 Å². The number of aryl methyl sites for hydroxylation is 2. The molecule has 98 valence electrons. The van der Waals surface area contributed by atoms with Crippen molar-refractivity contribution >= 4 is 17.4 Å². The van der Waals surface area contributed by atoms with Gasteiger partial charge in [0.1, 0.15) is 11.6 Å². The maximum atomic E-state index is 13.9. The number of hydrogen-bond acceptors (Lipinski definition) is 1. The lowest BCUT2D eigenvalue weighted by Gasteiger charge is -2.09. The van der Waals surface area contributed by atoms with Crippen LogP contribution in [0.4, 0.5) is 8.78 Å². The molecule has 0 aliphatic rings. The molecule has 1 nitrogen and oxygen atoms in total. The van der Waals surface area contributed by atoms with Gasteiger partial charge < -0.3 is 0 Å². The molecule has 0 bridgehead atoms. The summed E-state index contributed by atoms with van der Waals surface area (Å²) in [6, 6.07) is 7.07. The Morgan fingerprint density at radius 1 is 1.05 bits per heavy atom. The first-order valence-electron chi connectivity index (χ1n) is 5.67. The number of halogens is 3. The van der Waals surface area contributed by atoms with Gasteiger partial charge in [-0.15, -0.1) is 0 Å². The van der Waals surface area contributed by atoms with Gasteiger partial charge in [-0.25, -0.2) is 8.78 Å². The second kappa shape index (κ2) is 5.10. The van der Waals surface area contributed by atoms with Crippen molar-refractivity contribution in [2.45, 2.75) is 13.8 Å². The second-order valence-corrected chi connectivity index (χ2v) is 4.78. The lowest BCUT2D eigenvalue weighted by atomic mass is 9.97. The van der Waals surface area contributed by atoms with E-state index >= 15 is 0 Å². The van der Waals surface area contributed by atoms with Crippen molar-refractivity contribution in [1.82, 2.24) is 0 Å². The van der Waals surface area contributed by atoms with Crippen molar-refractivity contribution in [3.05, 3.63) is 69.2 Å². The molecule has 0 radical (unpaired) electrons. The molecule has 0 aliphatic carbocycles. The van der Waals surface area contributed by atoms with E-state index in [0.717, 1.165) is 6.07 Å². The van der Waals surface area contributed by atoms with Crippen LogP contribution in [0.25, 0.3) is 0 Å². The topological polar surface area (TPSA) is 17.1 Å². The zero-order valence-electron chi connectivity index (χ0n) is 10.4. The predicted octanol–water partition coefficient (Wildman–Crippen LogP) is 4.47. The highest BCUT2D eigenvalue weighted by molar-refractivity contribution is 6.31. The Bertz CT molecular complexity index is 665. The van der Waals surface area contributed by atoms with Crippen LogP contribution in [-0.2, 0) is 0 Å². The molecule has 0 spiro atoms. The minimum atomic E-state index is -0.868. The van der Waals surface area contributed by atoms with E-state index in [-0.39, 0.29) is 11.1 Å². The number of rotatable bonds is 2. The van der Waals surface area contributed by atoms with Gasteiger partial charge in [0.25, 0.3) is 0 Å². The molecule has 0 saturated carbocycles. The number of carbonyl (C=O) groups excluding carboxylic acids is 1. The normalized spacial score (nSPS) is 10.6. The quantitative estimate of drug-likeness (QED) is 0.742. The van der Waals surface area contributed by atoms with Crippen molar-refractivity contribution in [2.75, 3.05) is 0 Å². The summed E-state index contributed by atoms with van der Waals surface area (Å²) in [5.74, 6) is -2.39.